The average molecular weight is 849 g/mol. The van der Waals surface area contributed by atoms with Crippen molar-refractivity contribution in [3.05, 3.63) is 114 Å². The molecule has 8 rings (SSSR count). The van der Waals surface area contributed by atoms with Gasteiger partial charge in [-0.25, -0.2) is 0 Å². The number of hydrogen-bond acceptors (Lipinski definition) is 8. The van der Waals surface area contributed by atoms with E-state index >= 15 is 0 Å². The van der Waals surface area contributed by atoms with Crippen molar-refractivity contribution in [1.82, 2.24) is 14.5 Å². The summed E-state index contributed by atoms with van der Waals surface area (Å²) in [6.07, 6.45) is 10.3. The minimum Gasteiger partial charge on any atom is -0.382 e. The number of hydrogen-bond donors (Lipinski definition) is 1. The molecule has 4 aromatic carbocycles. The number of benzene rings is 4. The largest absolute Gasteiger partial charge is 0.382 e. The molecule has 2 fully saturated rings. The first-order chi connectivity index (χ1) is 30.9. The van der Waals surface area contributed by atoms with E-state index < -0.39 is 5.91 Å². The predicted octanol–water partition coefficient (Wildman–Crippen LogP) is 9.19. The molecule has 11 nitrogen and oxygen atoms in total. The summed E-state index contributed by atoms with van der Waals surface area (Å²) >= 11 is 0. The summed E-state index contributed by atoms with van der Waals surface area (Å²) in [4.78, 5) is 28.6. The van der Waals surface area contributed by atoms with Crippen molar-refractivity contribution in [2.45, 2.75) is 38.5 Å². The lowest BCUT2D eigenvalue weighted by molar-refractivity contribution is -0.117. The number of fused-ring (bicyclic) bond motifs is 2. The van der Waals surface area contributed by atoms with E-state index in [0.29, 0.717) is 45.3 Å². The maximum absolute atomic E-state index is 12.6. The molecule has 0 radical (unpaired) electrons. The highest BCUT2D eigenvalue weighted by Gasteiger charge is 2.15. The maximum atomic E-state index is 12.6. The minimum absolute atomic E-state index is 0.0504. The average Bonchev–Trinajstić information content (AvgIpc) is 3.90. The van der Waals surface area contributed by atoms with Crippen LogP contribution in [0.3, 0.4) is 0 Å². The molecule has 0 bridgehead atoms. The van der Waals surface area contributed by atoms with Crippen molar-refractivity contribution in [2.75, 3.05) is 82.7 Å². The number of anilines is 2. The van der Waals surface area contributed by atoms with Crippen molar-refractivity contribution < 1.29 is 23.8 Å². The molecule has 2 saturated heterocycles. The summed E-state index contributed by atoms with van der Waals surface area (Å²) < 4.78 is 19.6. The number of nitriles is 1. The zero-order chi connectivity index (χ0) is 44.0. The molecule has 63 heavy (non-hydrogen) atoms. The van der Waals surface area contributed by atoms with E-state index in [1.54, 1.807) is 13.2 Å². The maximum Gasteiger partial charge on any atom is 0.262 e. The van der Waals surface area contributed by atoms with Gasteiger partial charge in [-0.3, -0.25) is 9.59 Å². The van der Waals surface area contributed by atoms with Gasteiger partial charge in [0.05, 0.1) is 38.7 Å². The van der Waals surface area contributed by atoms with Gasteiger partial charge in [0.2, 0.25) is 0 Å². The Balaban J connectivity index is 0.000000211. The van der Waals surface area contributed by atoms with E-state index in [0.717, 1.165) is 47.6 Å². The Morgan fingerprint density at radius 2 is 1.10 bits per heavy atom. The lowest BCUT2D eigenvalue weighted by Gasteiger charge is -2.29. The Morgan fingerprint density at radius 1 is 0.619 bits per heavy atom. The van der Waals surface area contributed by atoms with Crippen LogP contribution in [0, 0.1) is 11.3 Å². The molecule has 0 unspecified atom stereocenters. The smallest absolute Gasteiger partial charge is 0.262 e. The van der Waals surface area contributed by atoms with Crippen LogP contribution < -0.4 is 15.1 Å². The van der Waals surface area contributed by atoms with Gasteiger partial charge < -0.3 is 38.5 Å². The van der Waals surface area contributed by atoms with Crippen molar-refractivity contribution in [2.24, 2.45) is 14.1 Å². The second-order valence-electron chi connectivity index (χ2n) is 16.3. The van der Waals surface area contributed by atoms with Gasteiger partial charge in [-0.2, -0.15) is 5.26 Å². The molecule has 1 amide bonds. The first kappa shape index (κ1) is 44.9. The number of carbonyl (C=O) groups excluding carboxylic acids is 2. The Hall–Kier alpha value is -6.19. The Morgan fingerprint density at radius 3 is 1.60 bits per heavy atom. The third-order valence-corrected chi connectivity index (χ3v) is 12.1. The summed E-state index contributed by atoms with van der Waals surface area (Å²) in [5, 5.41) is 17.3. The summed E-state index contributed by atoms with van der Waals surface area (Å²) in [5.41, 5.74) is 8.47. The van der Waals surface area contributed by atoms with Gasteiger partial charge in [-0.05, 0) is 138 Å². The number of aromatic nitrogens is 2. The summed E-state index contributed by atoms with van der Waals surface area (Å²) in [6.45, 7) is 7.21. The molecule has 0 aliphatic carbocycles. The zero-order valence-electron chi connectivity index (χ0n) is 37.0. The normalized spacial score (nSPS) is 14.3. The first-order valence-electron chi connectivity index (χ1n) is 22.3. The second-order valence-corrected chi connectivity index (χ2v) is 16.3. The number of rotatable bonds is 16. The highest BCUT2D eigenvalue weighted by Crippen LogP contribution is 2.31. The first-order valence-corrected chi connectivity index (χ1v) is 22.3. The molecule has 4 heterocycles. The Kier molecular flexibility index (Phi) is 15.8. The zero-order valence-corrected chi connectivity index (χ0v) is 37.0. The number of carbonyl (C=O) groups is 2. The Labute approximate surface area is 371 Å². The fourth-order valence-electron chi connectivity index (χ4n) is 8.47. The van der Waals surface area contributed by atoms with E-state index in [9.17, 15) is 14.9 Å². The number of aldehydes is 1. The number of methoxy groups -OCH3 is 1. The molecular weight excluding hydrogens is 789 g/mol. The molecule has 0 spiro atoms. The van der Waals surface area contributed by atoms with E-state index in [1.807, 2.05) is 53.6 Å². The molecule has 328 valence electrons. The van der Waals surface area contributed by atoms with Gasteiger partial charge in [0.1, 0.15) is 11.6 Å². The Bertz CT molecular complexity index is 2550. The predicted molar refractivity (Wildman–Crippen MR) is 254 cm³/mol. The third-order valence-electron chi connectivity index (χ3n) is 12.1. The summed E-state index contributed by atoms with van der Waals surface area (Å²) in [7, 11) is 5.50. The number of nitrogens with zero attached hydrogens (tertiary/aromatic N) is 5. The van der Waals surface area contributed by atoms with Crippen LogP contribution in [0.5, 0.6) is 0 Å². The van der Waals surface area contributed by atoms with Crippen LogP contribution in [0.25, 0.3) is 50.1 Å². The molecule has 2 aliphatic rings. The van der Waals surface area contributed by atoms with Crippen LogP contribution in [0.4, 0.5) is 11.4 Å². The van der Waals surface area contributed by atoms with Crippen LogP contribution >= 0.6 is 0 Å². The molecule has 0 atom stereocenters. The quantitative estimate of drug-likeness (QED) is 0.0444. The van der Waals surface area contributed by atoms with Crippen molar-refractivity contribution in [3.8, 4) is 28.6 Å². The van der Waals surface area contributed by atoms with Crippen molar-refractivity contribution in [3.63, 3.8) is 0 Å². The fourth-order valence-corrected chi connectivity index (χ4v) is 8.47. The number of piperidine rings is 2. The number of ether oxygens (including phenoxy) is 3. The van der Waals surface area contributed by atoms with Gasteiger partial charge in [-0.15, -0.1) is 0 Å². The van der Waals surface area contributed by atoms with Gasteiger partial charge in [0.25, 0.3) is 5.91 Å². The molecule has 2 aromatic heterocycles. The van der Waals surface area contributed by atoms with E-state index in [2.05, 4.69) is 87.9 Å². The molecule has 1 N–H and O–H groups in total. The lowest BCUT2D eigenvalue weighted by Crippen LogP contribution is -2.29. The lowest BCUT2D eigenvalue weighted by atomic mass is 10.0. The highest BCUT2D eigenvalue weighted by molar-refractivity contribution is 6.01. The van der Waals surface area contributed by atoms with Gasteiger partial charge in [-0.1, -0.05) is 36.4 Å². The van der Waals surface area contributed by atoms with Crippen molar-refractivity contribution in [1.29, 1.82) is 5.26 Å². The summed E-state index contributed by atoms with van der Waals surface area (Å²) in [6, 6.07) is 36.3. The SMILES string of the molecule is COCCOCCOCCNC(=O)/C(C#N)=C/c1ccc(-c2ccc3cc(N4CCCCC4)ccc3c2)n1C.Cn1c(C=O)ccc1-c1ccc2cc(N3CCCCC3)ccc2c1. The number of nitrogens with one attached hydrogen (secondary N) is 1. The fraction of sp³-hybridized carbons (Fsp3) is 0.365. The van der Waals surface area contributed by atoms with Crippen molar-refractivity contribution >= 4 is 51.2 Å². The van der Waals surface area contributed by atoms with E-state index in [1.165, 1.54) is 84.5 Å². The molecule has 2 aliphatic heterocycles. The standard InChI is InChI=1S/C31H38N4O4.C21H22N2O/c1-34-28(22-27(23-32)31(36)33-12-15-38-18-19-39-17-16-37-2)10-11-30(34)26-7-6-25-21-29(9-8-24(25)20-26)35-13-4-3-5-14-35;1-22-20(15-24)9-10-21(22)18-6-5-17-14-19(8-7-16(17)13-18)23-11-3-2-4-12-23/h6-11,20-22H,3-5,12-19H2,1-2H3,(H,33,36);5-10,13-15H,2-4,11-12H2,1H3/b27-22+;. The van der Waals surface area contributed by atoms with Crippen LogP contribution in [-0.2, 0) is 33.1 Å². The third kappa shape index (κ3) is 11.4. The topological polar surface area (TPSA) is 114 Å². The van der Waals surface area contributed by atoms with Gasteiger partial charge in [0, 0.05) is 82.4 Å². The van der Waals surface area contributed by atoms with E-state index in [4.69, 9.17) is 14.2 Å². The van der Waals surface area contributed by atoms with Crippen LogP contribution in [-0.4, -0.2) is 94.2 Å². The highest BCUT2D eigenvalue weighted by atomic mass is 16.5. The summed E-state index contributed by atoms with van der Waals surface area (Å²) in [5.74, 6) is -0.421. The molecular formula is C52H60N6O5. The number of amides is 1. The van der Waals surface area contributed by atoms with Crippen LogP contribution in [0.2, 0.25) is 0 Å². The molecule has 0 saturated carbocycles. The second kappa shape index (κ2) is 22.2. The molecule has 6 aromatic rings. The van der Waals surface area contributed by atoms with Crippen LogP contribution in [0.15, 0.2) is 103 Å². The van der Waals surface area contributed by atoms with Gasteiger partial charge >= 0.3 is 0 Å². The van der Waals surface area contributed by atoms with E-state index in [-0.39, 0.29) is 5.57 Å². The monoisotopic (exact) mass is 848 g/mol. The minimum atomic E-state index is -0.421. The van der Waals surface area contributed by atoms with Crippen LogP contribution in [0.1, 0.15) is 54.7 Å². The molecule has 11 heteroatoms. The van der Waals surface area contributed by atoms with Gasteiger partial charge in [0.15, 0.2) is 6.29 Å².